The SMILES string of the molecule is CCCCCCCCC/C=C/C/C=C/C/C=C/C/C=C/CCCC(=O)O[C@H](COC(=O)CCCCCCCCCCCCCCCCCCCCCCCCC)COP(=O)(O)O. The van der Waals surface area contributed by atoms with Gasteiger partial charge in [0.1, 0.15) is 6.61 Å². The van der Waals surface area contributed by atoms with Gasteiger partial charge >= 0.3 is 19.8 Å². The van der Waals surface area contributed by atoms with Crippen LogP contribution in [0.15, 0.2) is 48.6 Å². The highest BCUT2D eigenvalue weighted by molar-refractivity contribution is 7.46. The minimum Gasteiger partial charge on any atom is -0.462 e. The van der Waals surface area contributed by atoms with Crippen LogP contribution in [-0.2, 0) is 28.2 Å². The van der Waals surface area contributed by atoms with Gasteiger partial charge in [-0.15, -0.1) is 0 Å². The summed E-state index contributed by atoms with van der Waals surface area (Å²) in [5.41, 5.74) is 0. The van der Waals surface area contributed by atoms with E-state index in [9.17, 15) is 14.2 Å². The zero-order valence-corrected chi connectivity index (χ0v) is 41.2. The molecule has 0 radical (unpaired) electrons. The van der Waals surface area contributed by atoms with Gasteiger partial charge in [-0.05, 0) is 51.4 Å². The van der Waals surface area contributed by atoms with Crippen LogP contribution in [0.25, 0.3) is 0 Å². The first-order valence-electron chi connectivity index (χ1n) is 25.9. The van der Waals surface area contributed by atoms with Crippen LogP contribution in [0.3, 0.4) is 0 Å². The van der Waals surface area contributed by atoms with E-state index in [1.54, 1.807) is 0 Å². The van der Waals surface area contributed by atoms with Gasteiger partial charge in [0.15, 0.2) is 6.10 Å². The third-order valence-corrected chi connectivity index (χ3v) is 11.8. The van der Waals surface area contributed by atoms with Crippen molar-refractivity contribution in [3.05, 3.63) is 48.6 Å². The lowest BCUT2D eigenvalue weighted by Gasteiger charge is -2.18. The zero-order valence-electron chi connectivity index (χ0n) is 40.3. The van der Waals surface area contributed by atoms with Gasteiger partial charge < -0.3 is 19.3 Å². The molecule has 62 heavy (non-hydrogen) atoms. The molecule has 0 spiro atoms. The van der Waals surface area contributed by atoms with Crippen LogP contribution in [0.1, 0.15) is 258 Å². The maximum absolute atomic E-state index is 12.4. The molecule has 362 valence electrons. The molecule has 0 heterocycles. The highest BCUT2D eigenvalue weighted by Crippen LogP contribution is 2.36. The predicted octanol–water partition coefficient (Wildman–Crippen LogP) is 16.6. The molecule has 2 N–H and O–H groups in total. The molecule has 0 bridgehead atoms. The van der Waals surface area contributed by atoms with Gasteiger partial charge in [0.2, 0.25) is 0 Å². The number of allylic oxidation sites excluding steroid dienone is 8. The normalized spacial score (nSPS) is 12.8. The van der Waals surface area contributed by atoms with Crippen LogP contribution in [-0.4, -0.2) is 41.0 Å². The van der Waals surface area contributed by atoms with Gasteiger partial charge in [0.05, 0.1) is 6.61 Å². The van der Waals surface area contributed by atoms with Crippen molar-refractivity contribution >= 4 is 19.8 Å². The molecule has 9 heteroatoms. The molecule has 0 aromatic carbocycles. The lowest BCUT2D eigenvalue weighted by molar-refractivity contribution is -0.161. The summed E-state index contributed by atoms with van der Waals surface area (Å²) in [6, 6.07) is 0. The summed E-state index contributed by atoms with van der Waals surface area (Å²) < 4.78 is 26.5. The Balaban J connectivity index is 3.88. The monoisotopic (exact) mass is 893 g/mol. The summed E-state index contributed by atoms with van der Waals surface area (Å²) in [5.74, 6) is -0.939. The Labute approximate surface area is 382 Å². The first kappa shape index (κ1) is 60.0. The molecule has 0 saturated heterocycles. The second-order valence-electron chi connectivity index (χ2n) is 17.5. The van der Waals surface area contributed by atoms with E-state index in [-0.39, 0.29) is 19.4 Å². The van der Waals surface area contributed by atoms with E-state index in [2.05, 4.69) is 60.9 Å². The van der Waals surface area contributed by atoms with E-state index < -0.39 is 32.5 Å². The van der Waals surface area contributed by atoms with Gasteiger partial charge in [-0.1, -0.05) is 242 Å². The highest BCUT2D eigenvalue weighted by atomic mass is 31.2. The van der Waals surface area contributed by atoms with Crippen molar-refractivity contribution in [3.8, 4) is 0 Å². The minimum absolute atomic E-state index is 0.137. The van der Waals surface area contributed by atoms with Crippen molar-refractivity contribution in [3.63, 3.8) is 0 Å². The van der Waals surface area contributed by atoms with Crippen LogP contribution in [0, 0.1) is 0 Å². The summed E-state index contributed by atoms with van der Waals surface area (Å²) >= 11 is 0. The van der Waals surface area contributed by atoms with E-state index in [1.807, 2.05) is 6.08 Å². The van der Waals surface area contributed by atoms with Gasteiger partial charge in [0, 0.05) is 12.8 Å². The number of hydrogen-bond acceptors (Lipinski definition) is 6. The van der Waals surface area contributed by atoms with Crippen LogP contribution in [0.4, 0.5) is 0 Å². The standard InChI is InChI=1S/C53H97O8P/c1-3-5-7-9-11-13-15-17-19-21-23-25-26-28-29-31-33-35-37-39-41-43-45-47-52(54)59-49-51(50-60-62(56,57)58)61-53(55)48-46-44-42-40-38-36-34-32-30-27-24-22-20-18-16-14-12-10-8-6-4-2/h20,22,27,30,34,36,40,42,51H,3-19,21,23-26,28-29,31-33,35,37-39,41,43-50H2,1-2H3,(H2,56,57,58)/b22-20+,30-27+,36-34+,42-40+/t51-/m1/s1. The minimum atomic E-state index is -4.78. The van der Waals surface area contributed by atoms with E-state index in [0.29, 0.717) is 12.8 Å². The summed E-state index contributed by atoms with van der Waals surface area (Å²) in [5, 5.41) is 0. The predicted molar refractivity (Wildman–Crippen MR) is 262 cm³/mol. The topological polar surface area (TPSA) is 119 Å². The number of esters is 2. The number of ether oxygens (including phenoxy) is 2. The maximum Gasteiger partial charge on any atom is 0.469 e. The van der Waals surface area contributed by atoms with Gasteiger partial charge in [0.25, 0.3) is 0 Å². The smallest absolute Gasteiger partial charge is 0.462 e. The molecule has 0 aromatic heterocycles. The van der Waals surface area contributed by atoms with Gasteiger partial charge in [-0.3, -0.25) is 14.1 Å². The molecular formula is C53H97O8P. The fraction of sp³-hybridized carbons (Fsp3) is 0.811. The van der Waals surface area contributed by atoms with Crippen molar-refractivity contribution in [1.82, 2.24) is 0 Å². The lowest BCUT2D eigenvalue weighted by Crippen LogP contribution is -2.29. The molecule has 0 unspecified atom stereocenters. The molecule has 0 amide bonds. The molecule has 0 aliphatic carbocycles. The van der Waals surface area contributed by atoms with Gasteiger partial charge in [-0.25, -0.2) is 4.57 Å². The molecule has 0 aliphatic heterocycles. The number of phosphoric acid groups is 1. The van der Waals surface area contributed by atoms with Crippen LogP contribution in [0.2, 0.25) is 0 Å². The first-order chi connectivity index (χ1) is 30.3. The lowest BCUT2D eigenvalue weighted by atomic mass is 10.0. The number of phosphoric ester groups is 1. The average molecular weight is 893 g/mol. The zero-order chi connectivity index (χ0) is 45.3. The van der Waals surface area contributed by atoms with Crippen LogP contribution < -0.4 is 0 Å². The van der Waals surface area contributed by atoms with Crippen LogP contribution >= 0.6 is 7.82 Å². The van der Waals surface area contributed by atoms with Crippen molar-refractivity contribution in [2.75, 3.05) is 13.2 Å². The summed E-state index contributed by atoms with van der Waals surface area (Å²) in [7, 11) is -4.78. The van der Waals surface area contributed by atoms with E-state index in [1.165, 1.54) is 180 Å². The third-order valence-electron chi connectivity index (χ3n) is 11.4. The molecule has 1 atom stereocenters. The molecule has 0 rings (SSSR count). The molecule has 0 aromatic rings. The number of hydrogen-bond donors (Lipinski definition) is 2. The fourth-order valence-electron chi connectivity index (χ4n) is 7.49. The first-order valence-corrected chi connectivity index (χ1v) is 27.5. The Morgan fingerprint density at radius 2 is 0.742 bits per heavy atom. The second-order valence-corrected chi connectivity index (χ2v) is 18.7. The second kappa shape index (κ2) is 48.5. The Morgan fingerprint density at radius 3 is 1.13 bits per heavy atom. The van der Waals surface area contributed by atoms with Crippen molar-refractivity contribution in [2.24, 2.45) is 0 Å². The summed E-state index contributed by atoms with van der Waals surface area (Å²) in [6.07, 6.45) is 61.5. The van der Waals surface area contributed by atoms with Crippen molar-refractivity contribution in [1.29, 1.82) is 0 Å². The van der Waals surface area contributed by atoms with E-state index in [4.69, 9.17) is 19.3 Å². The maximum atomic E-state index is 12.4. The Hall–Kier alpha value is -1.99. The highest BCUT2D eigenvalue weighted by Gasteiger charge is 2.22. The number of carbonyl (C=O) groups excluding carboxylic acids is 2. The number of rotatable bonds is 48. The average Bonchev–Trinajstić information content (AvgIpc) is 3.25. The van der Waals surface area contributed by atoms with E-state index in [0.717, 1.165) is 38.5 Å². The molecule has 0 saturated carbocycles. The summed E-state index contributed by atoms with van der Waals surface area (Å²) in [6.45, 7) is 3.68. The Morgan fingerprint density at radius 1 is 0.419 bits per heavy atom. The largest absolute Gasteiger partial charge is 0.469 e. The quantitative estimate of drug-likeness (QED) is 0.0268. The third kappa shape index (κ3) is 50.7. The van der Waals surface area contributed by atoms with E-state index >= 15 is 0 Å². The summed E-state index contributed by atoms with van der Waals surface area (Å²) in [4.78, 5) is 43.1. The number of carbonyl (C=O) groups is 2. The Kier molecular flexibility index (Phi) is 46.9. The molecule has 0 fully saturated rings. The fourth-order valence-corrected chi connectivity index (χ4v) is 7.85. The van der Waals surface area contributed by atoms with Crippen molar-refractivity contribution < 1.29 is 37.9 Å². The van der Waals surface area contributed by atoms with Crippen molar-refractivity contribution in [2.45, 2.75) is 264 Å². The van der Waals surface area contributed by atoms with Gasteiger partial charge in [-0.2, -0.15) is 0 Å². The molecule has 0 aliphatic rings. The van der Waals surface area contributed by atoms with Crippen LogP contribution in [0.5, 0.6) is 0 Å². The molecule has 8 nitrogen and oxygen atoms in total. The molecular weight excluding hydrogens is 796 g/mol. The number of unbranched alkanes of at least 4 members (excludes halogenated alkanes) is 30. The Bertz CT molecular complexity index is 1140.